The van der Waals surface area contributed by atoms with Crippen molar-refractivity contribution in [2.45, 2.75) is 23.8 Å². The average molecular weight is 315 g/mol. The summed E-state index contributed by atoms with van der Waals surface area (Å²) in [5.74, 6) is 0.206. The molecule has 1 aliphatic rings. The molecule has 1 fully saturated rings. The van der Waals surface area contributed by atoms with Crippen molar-refractivity contribution in [3.05, 3.63) is 0 Å². The van der Waals surface area contributed by atoms with Gasteiger partial charge in [-0.2, -0.15) is 24.9 Å². The van der Waals surface area contributed by atoms with Gasteiger partial charge in [0.15, 0.2) is 5.84 Å². The predicted molar refractivity (Wildman–Crippen MR) is 72.2 cm³/mol. The summed E-state index contributed by atoms with van der Waals surface area (Å²) in [7, 11) is 0. The molecule has 0 atom stereocenters. The Morgan fingerprint density at radius 1 is 1.45 bits per heavy atom. The molecule has 0 bridgehead atoms. The fourth-order valence-electron chi connectivity index (χ4n) is 2.18. The van der Waals surface area contributed by atoms with Crippen LogP contribution < -0.4 is 5.73 Å². The van der Waals surface area contributed by atoms with E-state index in [4.69, 9.17) is 10.9 Å². The first-order valence-corrected chi connectivity index (χ1v) is 7.45. The van der Waals surface area contributed by atoms with Gasteiger partial charge >= 0.3 is 6.18 Å². The zero-order valence-electron chi connectivity index (χ0n) is 11.3. The second-order valence-corrected chi connectivity index (χ2v) is 5.88. The fraction of sp³-hybridized carbons (Fsp3) is 0.909. The molecular formula is C11H20F3N3O2S. The van der Waals surface area contributed by atoms with E-state index in [9.17, 15) is 13.2 Å². The average Bonchev–Trinajstić information content (AvgIpc) is 2.42. The van der Waals surface area contributed by atoms with Gasteiger partial charge in [0.05, 0.1) is 11.4 Å². The van der Waals surface area contributed by atoms with E-state index in [1.807, 2.05) is 11.2 Å². The van der Waals surface area contributed by atoms with Crippen molar-refractivity contribution in [3.63, 3.8) is 0 Å². The highest BCUT2D eigenvalue weighted by atomic mass is 32.2. The van der Waals surface area contributed by atoms with E-state index in [0.29, 0.717) is 32.5 Å². The molecule has 3 N–H and O–H groups in total. The summed E-state index contributed by atoms with van der Waals surface area (Å²) >= 11 is 1.54. The van der Waals surface area contributed by atoms with E-state index in [1.165, 1.54) is 11.8 Å². The van der Waals surface area contributed by atoms with Gasteiger partial charge in [-0.1, -0.05) is 5.16 Å². The molecule has 1 rings (SSSR count). The number of nitrogens with two attached hydrogens (primary N) is 1. The van der Waals surface area contributed by atoms with Crippen LogP contribution in [0.25, 0.3) is 0 Å². The molecule has 0 aromatic heterocycles. The lowest BCUT2D eigenvalue weighted by atomic mass is 9.94. The molecule has 0 aromatic rings. The van der Waals surface area contributed by atoms with Crippen LogP contribution in [0.2, 0.25) is 0 Å². The molecule has 1 saturated heterocycles. The Morgan fingerprint density at radius 2 is 2.05 bits per heavy atom. The van der Waals surface area contributed by atoms with Crippen LogP contribution in [0.1, 0.15) is 12.8 Å². The summed E-state index contributed by atoms with van der Waals surface area (Å²) in [5.41, 5.74) is 5.72. The van der Waals surface area contributed by atoms with Crippen LogP contribution in [0.15, 0.2) is 5.16 Å². The van der Waals surface area contributed by atoms with Crippen LogP contribution in [0, 0.1) is 0 Å². The smallest absolute Gasteiger partial charge is 0.409 e. The van der Waals surface area contributed by atoms with E-state index in [0.717, 1.165) is 0 Å². The van der Waals surface area contributed by atoms with Gasteiger partial charge in [-0.25, -0.2) is 0 Å². The standard InChI is InChI=1S/C11H20F3N3O2S/c1-20-10(9(15)16-18)2-4-17(5-3-10)6-7-19-8-11(12,13)14/h18H,2-8H2,1H3,(H2,15,16). The Balaban J connectivity index is 2.32. The third-order valence-corrected chi connectivity index (χ3v) is 4.85. The second kappa shape index (κ2) is 7.37. The van der Waals surface area contributed by atoms with Gasteiger partial charge in [-0.15, -0.1) is 0 Å². The molecule has 0 amide bonds. The van der Waals surface area contributed by atoms with E-state index in [-0.39, 0.29) is 17.2 Å². The number of nitrogens with zero attached hydrogens (tertiary/aromatic N) is 2. The monoisotopic (exact) mass is 315 g/mol. The molecule has 0 spiro atoms. The molecule has 20 heavy (non-hydrogen) atoms. The summed E-state index contributed by atoms with van der Waals surface area (Å²) in [4.78, 5) is 2.02. The number of hydrogen-bond acceptors (Lipinski definition) is 5. The number of amidine groups is 1. The third kappa shape index (κ3) is 5.02. The van der Waals surface area contributed by atoms with Crippen molar-refractivity contribution < 1.29 is 23.1 Å². The van der Waals surface area contributed by atoms with Crippen LogP contribution in [-0.2, 0) is 4.74 Å². The molecule has 118 valence electrons. The minimum absolute atomic E-state index is 0.0509. The third-order valence-electron chi connectivity index (χ3n) is 3.45. The van der Waals surface area contributed by atoms with Crippen LogP contribution >= 0.6 is 11.8 Å². The molecule has 0 aromatic carbocycles. The predicted octanol–water partition coefficient (Wildman–Crippen LogP) is 1.51. The summed E-state index contributed by atoms with van der Waals surface area (Å²) in [6, 6.07) is 0. The largest absolute Gasteiger partial charge is 0.411 e. The van der Waals surface area contributed by atoms with Crippen molar-refractivity contribution in [1.82, 2.24) is 4.90 Å². The number of alkyl halides is 3. The topological polar surface area (TPSA) is 71.1 Å². The number of rotatable bonds is 6. The zero-order valence-corrected chi connectivity index (χ0v) is 12.1. The molecule has 0 saturated carbocycles. The molecule has 9 heteroatoms. The van der Waals surface area contributed by atoms with Crippen molar-refractivity contribution in [1.29, 1.82) is 0 Å². The van der Waals surface area contributed by atoms with Gasteiger partial charge in [-0.3, -0.25) is 0 Å². The molecule has 1 aliphatic heterocycles. The number of piperidine rings is 1. The molecular weight excluding hydrogens is 295 g/mol. The normalized spacial score (nSPS) is 21.1. The number of ether oxygens (including phenoxy) is 1. The van der Waals surface area contributed by atoms with Gasteiger partial charge in [0, 0.05) is 6.54 Å². The van der Waals surface area contributed by atoms with E-state index < -0.39 is 12.8 Å². The fourth-order valence-corrected chi connectivity index (χ4v) is 3.02. The van der Waals surface area contributed by atoms with Crippen molar-refractivity contribution >= 4 is 17.6 Å². The Morgan fingerprint density at radius 3 is 2.50 bits per heavy atom. The first-order valence-electron chi connectivity index (χ1n) is 6.23. The zero-order chi connectivity index (χ0) is 15.2. The summed E-state index contributed by atoms with van der Waals surface area (Å²) in [5, 5.41) is 11.9. The highest BCUT2D eigenvalue weighted by molar-refractivity contribution is 8.00. The number of hydrogen-bond donors (Lipinski definition) is 2. The van der Waals surface area contributed by atoms with Crippen LogP contribution in [0.3, 0.4) is 0 Å². The van der Waals surface area contributed by atoms with Crippen LogP contribution in [-0.4, -0.2) is 66.0 Å². The van der Waals surface area contributed by atoms with E-state index in [1.54, 1.807) is 0 Å². The Hall–Kier alpha value is -0.670. The van der Waals surface area contributed by atoms with Gasteiger partial charge in [0.2, 0.25) is 0 Å². The van der Waals surface area contributed by atoms with Crippen LogP contribution in [0.4, 0.5) is 13.2 Å². The minimum Gasteiger partial charge on any atom is -0.409 e. The Bertz CT molecular complexity index is 331. The SMILES string of the molecule is CSC1(C(N)=NO)CCN(CCOCC(F)(F)F)CC1. The lowest BCUT2D eigenvalue weighted by molar-refractivity contribution is -0.174. The maximum Gasteiger partial charge on any atom is 0.411 e. The van der Waals surface area contributed by atoms with Crippen LogP contribution in [0.5, 0.6) is 0 Å². The van der Waals surface area contributed by atoms with E-state index in [2.05, 4.69) is 9.89 Å². The highest BCUT2D eigenvalue weighted by Crippen LogP contribution is 2.34. The number of oxime groups is 1. The number of thioether (sulfide) groups is 1. The number of halogens is 3. The van der Waals surface area contributed by atoms with Gasteiger partial charge in [-0.05, 0) is 32.2 Å². The van der Waals surface area contributed by atoms with Gasteiger partial charge < -0.3 is 20.6 Å². The molecule has 0 radical (unpaired) electrons. The Labute approximate surface area is 120 Å². The van der Waals surface area contributed by atoms with Crippen molar-refractivity contribution in [3.8, 4) is 0 Å². The summed E-state index contributed by atoms with van der Waals surface area (Å²) < 4.78 is 39.9. The Kier molecular flexibility index (Phi) is 6.41. The second-order valence-electron chi connectivity index (χ2n) is 4.69. The molecule has 0 unspecified atom stereocenters. The van der Waals surface area contributed by atoms with Gasteiger partial charge in [0.1, 0.15) is 6.61 Å². The van der Waals surface area contributed by atoms with E-state index >= 15 is 0 Å². The highest BCUT2D eigenvalue weighted by Gasteiger charge is 2.38. The summed E-state index contributed by atoms with van der Waals surface area (Å²) in [6.45, 7) is 0.671. The lowest BCUT2D eigenvalue weighted by Gasteiger charge is -2.39. The maximum atomic E-state index is 11.9. The van der Waals surface area contributed by atoms with Gasteiger partial charge in [0.25, 0.3) is 0 Å². The van der Waals surface area contributed by atoms with Crippen molar-refractivity contribution in [2.24, 2.45) is 10.9 Å². The van der Waals surface area contributed by atoms with Crippen molar-refractivity contribution in [2.75, 3.05) is 39.1 Å². The molecule has 1 heterocycles. The molecule has 5 nitrogen and oxygen atoms in total. The summed E-state index contributed by atoms with van der Waals surface area (Å²) in [6.07, 6.45) is -0.977. The minimum atomic E-state index is -4.28. The first-order chi connectivity index (χ1) is 9.33. The molecule has 0 aliphatic carbocycles. The lowest BCUT2D eigenvalue weighted by Crippen LogP contribution is -2.50. The maximum absolute atomic E-state index is 11.9. The quantitative estimate of drug-likeness (QED) is 0.256. The number of likely N-dealkylation sites (tertiary alicyclic amines) is 1. The first kappa shape index (κ1) is 17.4.